The van der Waals surface area contributed by atoms with Crippen LogP contribution in [0.25, 0.3) is 5.57 Å². The summed E-state index contributed by atoms with van der Waals surface area (Å²) in [6, 6.07) is 5.81. The number of hydrogen-bond donors (Lipinski definition) is 1. The Balaban J connectivity index is 1.88. The maximum atomic E-state index is 13.3. The van der Waals surface area contributed by atoms with Crippen molar-refractivity contribution < 1.29 is 19.6 Å². The van der Waals surface area contributed by atoms with E-state index in [1.54, 1.807) is 12.1 Å². The number of non-ortho nitro benzene ring substituents is 1. The fourth-order valence-electron chi connectivity index (χ4n) is 4.10. The highest BCUT2D eigenvalue weighted by molar-refractivity contribution is 6.35. The van der Waals surface area contributed by atoms with E-state index in [-0.39, 0.29) is 24.1 Å². The highest BCUT2D eigenvalue weighted by Gasteiger charge is 2.41. The Morgan fingerprint density at radius 3 is 2.23 bits per heavy atom. The smallest absolute Gasteiger partial charge is 0.277 e. The van der Waals surface area contributed by atoms with Crippen molar-refractivity contribution >= 4 is 23.1 Å². The summed E-state index contributed by atoms with van der Waals surface area (Å²) in [5, 5.41) is 20.2. The van der Waals surface area contributed by atoms with Crippen LogP contribution < -0.4 is 0 Å². The zero-order chi connectivity index (χ0) is 22.4. The van der Waals surface area contributed by atoms with Gasteiger partial charge in [0.05, 0.1) is 17.1 Å². The summed E-state index contributed by atoms with van der Waals surface area (Å²) in [5.41, 5.74) is 1.17. The lowest BCUT2D eigenvalue weighted by molar-refractivity contribution is -0.384. The molecule has 168 valence electrons. The van der Waals surface area contributed by atoms with Crippen LogP contribution in [-0.2, 0) is 9.59 Å². The average Bonchev–Trinajstić information content (AvgIpc) is 3.02. The van der Waals surface area contributed by atoms with E-state index >= 15 is 0 Å². The molecule has 0 aromatic heterocycles. The average molecular weight is 431 g/mol. The number of aliphatic hydroxyl groups is 1. The van der Waals surface area contributed by atoms with Crippen molar-refractivity contribution in [3.05, 3.63) is 45.6 Å². The molecule has 0 spiro atoms. The van der Waals surface area contributed by atoms with Crippen molar-refractivity contribution in [3.63, 3.8) is 0 Å². The van der Waals surface area contributed by atoms with Crippen LogP contribution in [-0.4, -0.2) is 82.4 Å². The van der Waals surface area contributed by atoms with Gasteiger partial charge in [-0.2, -0.15) is 0 Å². The van der Waals surface area contributed by atoms with Gasteiger partial charge in [-0.3, -0.25) is 29.5 Å². The molecule has 2 aliphatic heterocycles. The van der Waals surface area contributed by atoms with E-state index in [0.717, 1.165) is 25.7 Å². The molecular formula is C22H30N4O5. The lowest BCUT2D eigenvalue weighted by Gasteiger charge is -2.36. The Labute approximate surface area is 182 Å². The van der Waals surface area contributed by atoms with Crippen LogP contribution in [0.15, 0.2) is 30.0 Å². The van der Waals surface area contributed by atoms with Gasteiger partial charge in [-0.05, 0) is 24.1 Å². The third-order valence-corrected chi connectivity index (χ3v) is 5.85. The Morgan fingerprint density at radius 2 is 1.65 bits per heavy atom. The van der Waals surface area contributed by atoms with Crippen molar-refractivity contribution in [2.24, 2.45) is 0 Å². The second kappa shape index (κ2) is 10.5. The molecule has 1 saturated heterocycles. The number of amides is 2. The zero-order valence-corrected chi connectivity index (χ0v) is 18.0. The molecule has 0 bridgehead atoms. The number of rotatable bonds is 10. The first-order valence-corrected chi connectivity index (χ1v) is 10.9. The number of nitro groups is 1. The van der Waals surface area contributed by atoms with Crippen LogP contribution in [0, 0.1) is 10.1 Å². The molecule has 0 aliphatic carbocycles. The first-order valence-electron chi connectivity index (χ1n) is 10.9. The molecular weight excluding hydrogens is 400 g/mol. The Kier molecular flexibility index (Phi) is 7.75. The van der Waals surface area contributed by atoms with Gasteiger partial charge in [-0.15, -0.1) is 0 Å². The zero-order valence-electron chi connectivity index (χ0n) is 18.0. The summed E-state index contributed by atoms with van der Waals surface area (Å²) in [7, 11) is 0. The number of imide groups is 1. The first kappa shape index (κ1) is 22.9. The number of unbranched alkanes of at least 4 members (excludes halogenated alkanes) is 3. The number of aliphatic hydroxyl groups excluding tert-OH is 1. The Morgan fingerprint density at radius 1 is 0.968 bits per heavy atom. The molecule has 31 heavy (non-hydrogen) atoms. The number of carbonyl (C=O) groups excluding carboxylic acids is 2. The van der Waals surface area contributed by atoms with Crippen molar-refractivity contribution in [2.75, 3.05) is 45.9 Å². The molecule has 2 amide bonds. The van der Waals surface area contributed by atoms with Crippen LogP contribution in [0.5, 0.6) is 0 Å². The number of benzene rings is 1. The highest BCUT2D eigenvalue weighted by Crippen LogP contribution is 2.33. The number of carbonyl (C=O) groups is 2. The maximum absolute atomic E-state index is 13.3. The molecule has 0 atom stereocenters. The van der Waals surface area contributed by atoms with Gasteiger partial charge in [0, 0.05) is 51.4 Å². The summed E-state index contributed by atoms with van der Waals surface area (Å²) in [5.74, 6) is -0.617. The molecule has 1 aromatic rings. The second-order valence-corrected chi connectivity index (χ2v) is 7.90. The van der Waals surface area contributed by atoms with Crippen LogP contribution in [0.3, 0.4) is 0 Å². The molecule has 0 radical (unpaired) electrons. The maximum Gasteiger partial charge on any atom is 0.277 e. The molecule has 2 aliphatic rings. The van der Waals surface area contributed by atoms with Crippen molar-refractivity contribution in [2.45, 2.75) is 32.6 Å². The van der Waals surface area contributed by atoms with Gasteiger partial charge in [0.15, 0.2) is 0 Å². The summed E-state index contributed by atoms with van der Waals surface area (Å²) in [6.45, 7) is 5.68. The number of β-amino-alcohol motifs (C(OH)–C–C–N with tert-alkyl or cyclic N) is 1. The minimum atomic E-state index is -0.485. The molecule has 9 heteroatoms. The molecule has 0 saturated carbocycles. The topological polar surface area (TPSA) is 107 Å². The lowest BCUT2D eigenvalue weighted by atomic mass is 10.0. The molecule has 3 rings (SSSR count). The van der Waals surface area contributed by atoms with Gasteiger partial charge < -0.3 is 10.0 Å². The van der Waals surface area contributed by atoms with E-state index in [0.29, 0.717) is 56.1 Å². The predicted molar refractivity (Wildman–Crippen MR) is 116 cm³/mol. The second-order valence-electron chi connectivity index (χ2n) is 7.90. The summed E-state index contributed by atoms with van der Waals surface area (Å²) < 4.78 is 0. The number of hydrogen-bond acceptors (Lipinski definition) is 7. The SMILES string of the molecule is CCCCCCN1C(=O)C(c2ccc([N+](=O)[O-])cc2)=C(N2CCN(CCO)CC2)C1=O. The lowest BCUT2D eigenvalue weighted by Crippen LogP contribution is -2.48. The predicted octanol–water partition coefficient (Wildman–Crippen LogP) is 1.86. The van der Waals surface area contributed by atoms with Crippen molar-refractivity contribution in [1.29, 1.82) is 0 Å². The first-order chi connectivity index (χ1) is 15.0. The quantitative estimate of drug-likeness (QED) is 0.261. The van der Waals surface area contributed by atoms with Gasteiger partial charge in [0.1, 0.15) is 5.70 Å². The highest BCUT2D eigenvalue weighted by atomic mass is 16.6. The van der Waals surface area contributed by atoms with E-state index in [1.807, 2.05) is 4.90 Å². The van der Waals surface area contributed by atoms with Crippen molar-refractivity contribution in [3.8, 4) is 0 Å². The van der Waals surface area contributed by atoms with Crippen LogP contribution in [0.1, 0.15) is 38.2 Å². The summed E-state index contributed by atoms with van der Waals surface area (Å²) >= 11 is 0. The van der Waals surface area contributed by atoms with Gasteiger partial charge in [-0.1, -0.05) is 26.2 Å². The minimum Gasteiger partial charge on any atom is -0.395 e. The van der Waals surface area contributed by atoms with E-state index in [4.69, 9.17) is 5.11 Å². The van der Waals surface area contributed by atoms with Gasteiger partial charge in [0.25, 0.3) is 17.5 Å². The minimum absolute atomic E-state index is 0.0586. The summed E-state index contributed by atoms with van der Waals surface area (Å²) in [6.07, 6.45) is 3.84. The Hall–Kier alpha value is -2.78. The monoisotopic (exact) mass is 430 g/mol. The van der Waals surface area contributed by atoms with E-state index in [9.17, 15) is 19.7 Å². The fourth-order valence-corrected chi connectivity index (χ4v) is 4.10. The normalized spacial score (nSPS) is 17.7. The van der Waals surface area contributed by atoms with E-state index in [1.165, 1.54) is 17.0 Å². The number of piperazine rings is 1. The van der Waals surface area contributed by atoms with E-state index < -0.39 is 4.92 Å². The molecule has 2 heterocycles. The van der Waals surface area contributed by atoms with Gasteiger partial charge >= 0.3 is 0 Å². The third-order valence-electron chi connectivity index (χ3n) is 5.85. The number of nitrogens with zero attached hydrogens (tertiary/aromatic N) is 4. The third kappa shape index (κ3) is 5.11. The molecule has 1 aromatic carbocycles. The largest absolute Gasteiger partial charge is 0.395 e. The van der Waals surface area contributed by atoms with Gasteiger partial charge in [-0.25, -0.2) is 0 Å². The summed E-state index contributed by atoms with van der Waals surface area (Å²) in [4.78, 5) is 42.4. The molecule has 1 N–H and O–H groups in total. The van der Waals surface area contributed by atoms with Crippen molar-refractivity contribution in [1.82, 2.24) is 14.7 Å². The van der Waals surface area contributed by atoms with Crippen LogP contribution in [0.4, 0.5) is 5.69 Å². The van der Waals surface area contributed by atoms with Gasteiger partial charge in [0.2, 0.25) is 0 Å². The Bertz CT molecular complexity index is 844. The molecule has 0 unspecified atom stereocenters. The standard InChI is InChI=1S/C22H30N4O5/c1-2-3-4-5-10-25-21(28)19(17-6-8-18(9-7-17)26(30)31)20(22(25)29)24-13-11-23(12-14-24)15-16-27/h6-9,27H,2-5,10-16H2,1H3. The van der Waals surface area contributed by atoms with E-state index in [2.05, 4.69) is 11.8 Å². The molecule has 9 nitrogen and oxygen atoms in total. The number of nitro benzene ring substituents is 1. The molecule has 1 fully saturated rings. The van der Waals surface area contributed by atoms with Crippen LogP contribution >= 0.6 is 0 Å². The van der Waals surface area contributed by atoms with Crippen LogP contribution in [0.2, 0.25) is 0 Å². The fraction of sp³-hybridized carbons (Fsp3) is 0.545.